The van der Waals surface area contributed by atoms with Gasteiger partial charge in [0.05, 0.1) is 0 Å². The van der Waals surface area contributed by atoms with Crippen LogP contribution in [0.25, 0.3) is 0 Å². The molecule has 3 amide bonds. The van der Waals surface area contributed by atoms with Crippen molar-refractivity contribution in [1.29, 1.82) is 0 Å². The van der Waals surface area contributed by atoms with Gasteiger partial charge in [-0.1, -0.05) is 43.7 Å². The van der Waals surface area contributed by atoms with Crippen molar-refractivity contribution in [1.82, 2.24) is 16.1 Å². The quantitative estimate of drug-likeness (QED) is 0.470. The molecule has 3 N–H and O–H groups in total. The summed E-state index contributed by atoms with van der Waals surface area (Å²) >= 11 is 0. The van der Waals surface area contributed by atoms with Crippen molar-refractivity contribution in [2.75, 3.05) is 6.54 Å². The zero-order chi connectivity index (χ0) is 20.4. The molecule has 0 heterocycles. The van der Waals surface area contributed by atoms with Gasteiger partial charge in [0, 0.05) is 25.2 Å². The third-order valence-corrected chi connectivity index (χ3v) is 5.50. The lowest BCUT2D eigenvalue weighted by atomic mass is 9.81. The highest BCUT2D eigenvalue weighted by atomic mass is 16.2. The lowest BCUT2D eigenvalue weighted by molar-refractivity contribution is -0.126. The Morgan fingerprint density at radius 2 is 1.82 bits per heavy atom. The van der Waals surface area contributed by atoms with E-state index in [1.54, 1.807) is 6.21 Å². The Morgan fingerprint density at radius 1 is 1.14 bits per heavy atom. The normalized spacial score (nSPS) is 20.5. The number of benzene rings is 1. The molecule has 154 valence electrons. The fourth-order valence-electron chi connectivity index (χ4n) is 3.27. The molecule has 0 unspecified atom stereocenters. The Labute approximate surface area is 168 Å². The Balaban J connectivity index is 1.62. The van der Waals surface area contributed by atoms with Crippen LogP contribution in [-0.4, -0.2) is 24.7 Å². The van der Waals surface area contributed by atoms with Gasteiger partial charge in [-0.05, 0) is 56.4 Å². The van der Waals surface area contributed by atoms with Crippen LogP contribution in [0.1, 0.15) is 57.1 Å². The summed E-state index contributed by atoms with van der Waals surface area (Å²) in [5, 5.41) is 9.88. The van der Waals surface area contributed by atoms with Gasteiger partial charge in [0.2, 0.25) is 5.91 Å². The molecule has 0 radical (unpaired) electrons. The lowest BCUT2D eigenvalue weighted by Gasteiger charge is -2.27. The summed E-state index contributed by atoms with van der Waals surface area (Å²) in [6.45, 7) is 7.40. The Morgan fingerprint density at radius 3 is 2.46 bits per heavy atom. The molecule has 0 saturated heterocycles. The van der Waals surface area contributed by atoms with E-state index >= 15 is 0 Å². The molecule has 2 rings (SSSR count). The average molecular weight is 387 g/mol. The number of carbonyl (C=O) groups is 2. The number of hydrogen-bond acceptors (Lipinski definition) is 3. The second-order valence-electron chi connectivity index (χ2n) is 7.91. The molecule has 6 nitrogen and oxygen atoms in total. The highest BCUT2D eigenvalue weighted by Crippen LogP contribution is 2.28. The minimum Gasteiger partial charge on any atom is -0.352 e. The van der Waals surface area contributed by atoms with Crippen molar-refractivity contribution >= 4 is 18.2 Å². The maximum Gasteiger partial charge on any atom is 0.335 e. The molecule has 0 aliphatic heterocycles. The van der Waals surface area contributed by atoms with Crippen molar-refractivity contribution < 1.29 is 9.59 Å². The van der Waals surface area contributed by atoms with Crippen molar-refractivity contribution in [3.8, 4) is 0 Å². The maximum absolute atomic E-state index is 12.4. The summed E-state index contributed by atoms with van der Waals surface area (Å²) in [7, 11) is 0. The van der Waals surface area contributed by atoms with Crippen molar-refractivity contribution in [2.45, 2.75) is 59.4 Å². The molecule has 1 fully saturated rings. The van der Waals surface area contributed by atoms with Gasteiger partial charge in [0.25, 0.3) is 0 Å². The monoisotopic (exact) mass is 386 g/mol. The standard InChI is InChI=1S/C22H34N4O2/c1-4-16(2)13-25-26-22(28)24-15-19-9-11-20(12-10-19)21(27)23-14-18-7-5-17(3)6-8-18/h5-8,13,16,19-20H,4,9-12,14-15H2,1-3H3,(H,23,27)(H2,24,26,28)/b25-13-/t16-,19?,20?/m0/s1. The fraction of sp³-hybridized carbons (Fsp3) is 0.591. The van der Waals surface area contributed by atoms with Crippen molar-refractivity contribution in [2.24, 2.45) is 22.9 Å². The summed E-state index contributed by atoms with van der Waals surface area (Å²) in [5.41, 5.74) is 4.85. The summed E-state index contributed by atoms with van der Waals surface area (Å²) in [4.78, 5) is 24.2. The van der Waals surface area contributed by atoms with Gasteiger partial charge in [-0.15, -0.1) is 0 Å². The van der Waals surface area contributed by atoms with E-state index in [4.69, 9.17) is 0 Å². The summed E-state index contributed by atoms with van der Waals surface area (Å²) in [6.07, 6.45) is 6.41. The molecular weight excluding hydrogens is 352 g/mol. The van der Waals surface area contributed by atoms with Gasteiger partial charge < -0.3 is 10.6 Å². The Bertz CT molecular complexity index is 649. The number of hydrazone groups is 1. The predicted octanol–water partition coefficient (Wildman–Crippen LogP) is 3.75. The minimum absolute atomic E-state index is 0.0793. The number of nitrogens with one attached hydrogen (secondary N) is 3. The van der Waals surface area contributed by atoms with Gasteiger partial charge >= 0.3 is 6.03 Å². The van der Waals surface area contributed by atoms with Crippen LogP contribution in [0.15, 0.2) is 29.4 Å². The van der Waals surface area contributed by atoms with E-state index < -0.39 is 0 Å². The van der Waals surface area contributed by atoms with E-state index in [-0.39, 0.29) is 17.9 Å². The average Bonchev–Trinajstić information content (AvgIpc) is 2.71. The van der Waals surface area contributed by atoms with E-state index in [0.717, 1.165) is 37.7 Å². The first-order chi connectivity index (χ1) is 13.5. The molecule has 1 aliphatic carbocycles. The number of nitrogens with zero attached hydrogens (tertiary/aromatic N) is 1. The second kappa shape index (κ2) is 11.5. The zero-order valence-electron chi connectivity index (χ0n) is 17.3. The summed E-state index contributed by atoms with van der Waals surface area (Å²) in [5.74, 6) is 0.998. The molecular formula is C22H34N4O2. The smallest absolute Gasteiger partial charge is 0.335 e. The highest BCUT2D eigenvalue weighted by Gasteiger charge is 2.26. The predicted molar refractivity (Wildman–Crippen MR) is 113 cm³/mol. The third kappa shape index (κ3) is 7.71. The van der Waals surface area contributed by atoms with Crippen LogP contribution >= 0.6 is 0 Å². The first kappa shape index (κ1) is 21.9. The molecule has 6 heteroatoms. The first-order valence-corrected chi connectivity index (χ1v) is 10.4. The zero-order valence-corrected chi connectivity index (χ0v) is 17.3. The minimum atomic E-state index is -0.266. The van der Waals surface area contributed by atoms with Gasteiger partial charge in [-0.2, -0.15) is 5.10 Å². The number of amides is 3. The molecule has 1 aromatic carbocycles. The fourth-order valence-corrected chi connectivity index (χ4v) is 3.27. The highest BCUT2D eigenvalue weighted by molar-refractivity contribution is 5.78. The van der Waals surface area contributed by atoms with Gasteiger partial charge in [-0.25, -0.2) is 10.2 Å². The molecule has 0 aromatic heterocycles. The maximum atomic E-state index is 12.4. The SMILES string of the molecule is CC[C@H](C)/C=N\NC(=O)NCC1CCC(C(=O)NCc2ccc(C)cc2)CC1. The first-order valence-electron chi connectivity index (χ1n) is 10.4. The van der Waals surface area contributed by atoms with Crippen LogP contribution in [0.2, 0.25) is 0 Å². The molecule has 28 heavy (non-hydrogen) atoms. The number of aryl methyl sites for hydroxylation is 1. The van der Waals surface area contributed by atoms with Crippen LogP contribution < -0.4 is 16.1 Å². The topological polar surface area (TPSA) is 82.6 Å². The molecule has 0 spiro atoms. The molecule has 1 atom stereocenters. The van der Waals surface area contributed by atoms with Gasteiger partial charge in [0.1, 0.15) is 0 Å². The lowest BCUT2D eigenvalue weighted by Crippen LogP contribution is -2.38. The molecule has 0 bridgehead atoms. The third-order valence-electron chi connectivity index (χ3n) is 5.50. The van der Waals surface area contributed by atoms with Crippen molar-refractivity contribution in [3.05, 3.63) is 35.4 Å². The van der Waals surface area contributed by atoms with Crippen LogP contribution in [0.5, 0.6) is 0 Å². The molecule has 1 saturated carbocycles. The van der Waals surface area contributed by atoms with Gasteiger partial charge in [-0.3, -0.25) is 4.79 Å². The Kier molecular flexibility index (Phi) is 8.98. The molecule has 1 aromatic rings. The number of urea groups is 1. The van der Waals surface area contributed by atoms with Crippen LogP contribution in [0.4, 0.5) is 4.79 Å². The van der Waals surface area contributed by atoms with Crippen LogP contribution in [0, 0.1) is 24.7 Å². The number of rotatable bonds is 8. The van der Waals surface area contributed by atoms with E-state index in [1.165, 1.54) is 5.56 Å². The van der Waals surface area contributed by atoms with E-state index in [0.29, 0.717) is 24.9 Å². The van der Waals surface area contributed by atoms with Crippen molar-refractivity contribution in [3.63, 3.8) is 0 Å². The number of carbonyl (C=O) groups excluding carboxylic acids is 2. The van der Waals surface area contributed by atoms with Gasteiger partial charge in [0.15, 0.2) is 0 Å². The second-order valence-corrected chi connectivity index (χ2v) is 7.91. The van der Waals surface area contributed by atoms with Crippen LogP contribution in [0.3, 0.4) is 0 Å². The van der Waals surface area contributed by atoms with E-state index in [1.807, 2.05) is 0 Å². The van der Waals surface area contributed by atoms with Crippen LogP contribution in [-0.2, 0) is 11.3 Å². The Hall–Kier alpha value is -2.37. The van der Waals surface area contributed by atoms with E-state index in [9.17, 15) is 9.59 Å². The summed E-state index contributed by atoms with van der Waals surface area (Å²) < 4.78 is 0. The largest absolute Gasteiger partial charge is 0.352 e. The van der Waals surface area contributed by atoms with E-state index in [2.05, 4.69) is 66.2 Å². The molecule has 1 aliphatic rings. The number of hydrogen-bond donors (Lipinski definition) is 3. The summed E-state index contributed by atoms with van der Waals surface area (Å²) in [6, 6.07) is 7.96.